The van der Waals surface area contributed by atoms with Gasteiger partial charge in [0.05, 0.1) is 23.7 Å². The molecule has 0 radical (unpaired) electrons. The zero-order valence-electron chi connectivity index (χ0n) is 18.0. The van der Waals surface area contributed by atoms with E-state index in [2.05, 4.69) is 24.3 Å². The molecule has 6 nitrogen and oxygen atoms in total. The van der Waals surface area contributed by atoms with Crippen molar-refractivity contribution in [3.63, 3.8) is 0 Å². The van der Waals surface area contributed by atoms with Gasteiger partial charge >= 0.3 is 0 Å². The number of para-hydroxylation sites is 1. The van der Waals surface area contributed by atoms with Gasteiger partial charge in [0.15, 0.2) is 0 Å². The van der Waals surface area contributed by atoms with Crippen molar-refractivity contribution in [2.24, 2.45) is 5.92 Å². The second-order valence-electron chi connectivity index (χ2n) is 7.86. The summed E-state index contributed by atoms with van der Waals surface area (Å²) in [5, 5.41) is 9.61. The van der Waals surface area contributed by atoms with Gasteiger partial charge in [0.2, 0.25) is 5.91 Å². The molecule has 0 aliphatic heterocycles. The molecule has 1 amide bonds. The summed E-state index contributed by atoms with van der Waals surface area (Å²) in [6.45, 7) is 4.14. The second kappa shape index (κ2) is 10.1. The van der Waals surface area contributed by atoms with Crippen LogP contribution in [0.4, 0.5) is 0 Å². The number of nitrogens with zero attached hydrogens (tertiary/aromatic N) is 3. The first-order valence-corrected chi connectivity index (χ1v) is 12.8. The van der Waals surface area contributed by atoms with Crippen molar-refractivity contribution in [1.82, 2.24) is 19.7 Å². The Hall–Kier alpha value is -2.97. The quantitative estimate of drug-likeness (QED) is 0.395. The zero-order valence-corrected chi connectivity index (χ0v) is 19.7. The third-order valence-electron chi connectivity index (χ3n) is 5.11. The van der Waals surface area contributed by atoms with Gasteiger partial charge in [0.1, 0.15) is 11.6 Å². The molecule has 166 valence electrons. The first-order valence-electron chi connectivity index (χ1n) is 10.5. The number of nitrogens with one attached hydrogen (secondary N) is 1. The highest BCUT2D eigenvalue weighted by Gasteiger charge is 2.22. The van der Waals surface area contributed by atoms with E-state index in [9.17, 15) is 9.00 Å². The molecule has 0 fully saturated rings. The summed E-state index contributed by atoms with van der Waals surface area (Å²) in [6.07, 6.45) is 5.61. The van der Waals surface area contributed by atoms with E-state index in [1.54, 1.807) is 17.5 Å². The van der Waals surface area contributed by atoms with Crippen LogP contribution >= 0.6 is 11.3 Å². The van der Waals surface area contributed by atoms with E-state index in [1.165, 1.54) is 0 Å². The number of rotatable bonds is 9. The monoisotopic (exact) mass is 466 g/mol. The van der Waals surface area contributed by atoms with Crippen molar-refractivity contribution in [1.29, 1.82) is 0 Å². The van der Waals surface area contributed by atoms with E-state index >= 15 is 0 Å². The molecule has 0 aliphatic rings. The van der Waals surface area contributed by atoms with E-state index in [0.29, 0.717) is 0 Å². The normalized spacial score (nSPS) is 13.2. The van der Waals surface area contributed by atoms with Gasteiger partial charge in [-0.1, -0.05) is 38.1 Å². The molecule has 4 aromatic rings. The lowest BCUT2D eigenvalue weighted by Crippen LogP contribution is -2.34. The minimum atomic E-state index is -1.37. The Morgan fingerprint density at radius 3 is 2.50 bits per heavy atom. The lowest BCUT2D eigenvalue weighted by Gasteiger charge is -2.21. The van der Waals surface area contributed by atoms with Crippen LogP contribution < -0.4 is 5.32 Å². The van der Waals surface area contributed by atoms with Gasteiger partial charge in [0, 0.05) is 33.6 Å². The average Bonchev–Trinajstić information content (AvgIpc) is 3.53. The topological polar surface area (TPSA) is 68.9 Å². The van der Waals surface area contributed by atoms with Gasteiger partial charge in [0.25, 0.3) is 0 Å². The fourth-order valence-electron chi connectivity index (χ4n) is 3.61. The standard InChI is InChI=1S/C24H26N4O2S2/c1-18(2)23(21-11-8-14-31-21)26-22(29)17-32(30)16-19-15-25-28(20-9-4-3-5-10-20)24(19)27-12-6-7-13-27/h3-15,18,23H,16-17H2,1-2H3,(H,26,29)/t23-,32-/m0/s1. The highest BCUT2D eigenvalue weighted by Crippen LogP contribution is 2.26. The molecule has 0 unspecified atom stereocenters. The molecule has 0 saturated heterocycles. The molecule has 2 atom stereocenters. The molecule has 32 heavy (non-hydrogen) atoms. The fraction of sp³-hybridized carbons (Fsp3) is 0.250. The van der Waals surface area contributed by atoms with Crippen molar-refractivity contribution in [3.8, 4) is 11.5 Å². The highest BCUT2D eigenvalue weighted by atomic mass is 32.2. The smallest absolute Gasteiger partial charge is 0.233 e. The number of aromatic nitrogens is 3. The Morgan fingerprint density at radius 2 is 1.84 bits per heavy atom. The Bertz CT molecular complexity index is 1170. The largest absolute Gasteiger partial charge is 0.347 e. The molecule has 3 heterocycles. The summed E-state index contributed by atoms with van der Waals surface area (Å²) in [7, 11) is -1.37. The molecule has 0 saturated carbocycles. The van der Waals surface area contributed by atoms with E-state index in [4.69, 9.17) is 0 Å². The maximum Gasteiger partial charge on any atom is 0.233 e. The summed E-state index contributed by atoms with van der Waals surface area (Å²) in [5.41, 5.74) is 1.75. The Labute approximate surface area is 194 Å². The minimum Gasteiger partial charge on any atom is -0.347 e. The molecule has 8 heteroatoms. The molecule has 0 aliphatic carbocycles. The highest BCUT2D eigenvalue weighted by molar-refractivity contribution is 7.84. The molecule has 4 rings (SSSR count). The molecule has 3 aromatic heterocycles. The number of hydrogen-bond donors (Lipinski definition) is 1. The summed E-state index contributed by atoms with van der Waals surface area (Å²) in [4.78, 5) is 13.8. The third kappa shape index (κ3) is 5.08. The summed E-state index contributed by atoms with van der Waals surface area (Å²) < 4.78 is 16.7. The van der Waals surface area contributed by atoms with Crippen molar-refractivity contribution >= 4 is 28.0 Å². The van der Waals surface area contributed by atoms with E-state index in [1.807, 2.05) is 81.6 Å². The zero-order chi connectivity index (χ0) is 22.5. The lowest BCUT2D eigenvalue weighted by atomic mass is 10.0. The Morgan fingerprint density at radius 1 is 1.09 bits per heavy atom. The molecule has 0 bridgehead atoms. The average molecular weight is 467 g/mol. The SMILES string of the molecule is CC(C)[C@H](NC(=O)C[S@@](=O)Cc1cnn(-c2ccccc2)c1-n1cccc1)c1cccs1. The van der Waals surface area contributed by atoms with Gasteiger partial charge in [-0.15, -0.1) is 11.3 Å². The van der Waals surface area contributed by atoms with E-state index < -0.39 is 10.8 Å². The Balaban J connectivity index is 1.50. The fourth-order valence-corrected chi connectivity index (χ4v) is 5.58. The summed E-state index contributed by atoms with van der Waals surface area (Å²) in [6, 6.07) is 17.6. The summed E-state index contributed by atoms with van der Waals surface area (Å²) in [5.74, 6) is 1.08. The lowest BCUT2D eigenvalue weighted by molar-refractivity contribution is -0.119. The van der Waals surface area contributed by atoms with Crippen LogP contribution in [0, 0.1) is 5.92 Å². The third-order valence-corrected chi connectivity index (χ3v) is 7.28. The predicted molar refractivity (Wildman–Crippen MR) is 130 cm³/mol. The van der Waals surface area contributed by atoms with Crippen LogP contribution in [0.15, 0.2) is 78.6 Å². The van der Waals surface area contributed by atoms with Gasteiger partial charge in [-0.3, -0.25) is 9.00 Å². The van der Waals surface area contributed by atoms with Gasteiger partial charge in [-0.2, -0.15) is 5.10 Å². The van der Waals surface area contributed by atoms with Crippen molar-refractivity contribution in [2.75, 3.05) is 5.75 Å². The van der Waals surface area contributed by atoms with Crippen LogP contribution in [-0.2, 0) is 21.3 Å². The van der Waals surface area contributed by atoms with Crippen LogP contribution in [0.2, 0.25) is 0 Å². The van der Waals surface area contributed by atoms with E-state index in [0.717, 1.165) is 21.9 Å². The number of hydrogen-bond acceptors (Lipinski definition) is 4. The van der Waals surface area contributed by atoms with E-state index in [-0.39, 0.29) is 29.4 Å². The maximum absolute atomic E-state index is 12.9. The van der Waals surface area contributed by atoms with Crippen LogP contribution in [0.1, 0.15) is 30.3 Å². The van der Waals surface area contributed by atoms with Crippen LogP contribution in [-0.4, -0.2) is 30.2 Å². The minimum absolute atomic E-state index is 0.0454. The Kier molecular flexibility index (Phi) is 7.02. The van der Waals surface area contributed by atoms with Gasteiger partial charge in [-0.25, -0.2) is 4.68 Å². The first-order chi connectivity index (χ1) is 15.5. The van der Waals surface area contributed by atoms with Crippen molar-refractivity contribution in [2.45, 2.75) is 25.6 Å². The molecule has 1 N–H and O–H groups in total. The summed E-state index contributed by atoms with van der Waals surface area (Å²) >= 11 is 1.62. The van der Waals surface area contributed by atoms with Crippen LogP contribution in [0.25, 0.3) is 11.5 Å². The van der Waals surface area contributed by atoms with Crippen LogP contribution in [0.5, 0.6) is 0 Å². The van der Waals surface area contributed by atoms with Crippen molar-refractivity contribution in [3.05, 3.63) is 89.0 Å². The number of benzene rings is 1. The second-order valence-corrected chi connectivity index (χ2v) is 10.3. The molecule has 0 spiro atoms. The number of amides is 1. The number of carbonyl (C=O) groups excluding carboxylic acids is 1. The maximum atomic E-state index is 12.9. The van der Waals surface area contributed by atoms with Gasteiger partial charge in [-0.05, 0) is 41.6 Å². The van der Waals surface area contributed by atoms with Crippen molar-refractivity contribution < 1.29 is 9.00 Å². The molecule has 1 aromatic carbocycles. The molecular formula is C24H26N4O2S2. The number of carbonyl (C=O) groups is 1. The predicted octanol–water partition coefficient (Wildman–Crippen LogP) is 4.49. The van der Waals surface area contributed by atoms with Crippen LogP contribution in [0.3, 0.4) is 0 Å². The molecular weight excluding hydrogens is 440 g/mol. The number of thiophene rings is 1. The van der Waals surface area contributed by atoms with Gasteiger partial charge < -0.3 is 9.88 Å². The first kappa shape index (κ1) is 22.2.